The zero-order valence-electron chi connectivity index (χ0n) is 20.2. The van der Waals surface area contributed by atoms with Gasteiger partial charge in [-0.1, -0.05) is 32.0 Å². The predicted molar refractivity (Wildman–Crippen MR) is 132 cm³/mol. The van der Waals surface area contributed by atoms with Crippen molar-refractivity contribution in [3.8, 4) is 5.88 Å². The van der Waals surface area contributed by atoms with Gasteiger partial charge in [0, 0.05) is 17.2 Å². The molecule has 0 bridgehead atoms. The molecule has 1 heterocycles. The lowest BCUT2D eigenvalue weighted by Crippen LogP contribution is -2.61. The molecular weight excluding hydrogens is 430 g/mol. The fourth-order valence-electron chi connectivity index (χ4n) is 4.30. The highest BCUT2D eigenvalue weighted by atomic mass is 16.3. The fraction of sp³-hybridized carbons (Fsp3) is 0.423. The molecule has 8 heteroatoms. The van der Waals surface area contributed by atoms with Crippen LogP contribution >= 0.6 is 0 Å². The molecule has 4 rings (SSSR count). The average Bonchev–Trinajstić information content (AvgIpc) is 3.15. The van der Waals surface area contributed by atoms with E-state index in [0.29, 0.717) is 16.9 Å². The number of hydrogen-bond donors (Lipinski definition) is 4. The molecule has 4 N–H and O–H groups in total. The number of anilines is 1. The maximum atomic E-state index is 11.0. The van der Waals surface area contributed by atoms with E-state index >= 15 is 0 Å². The predicted octanol–water partition coefficient (Wildman–Crippen LogP) is 5.18. The van der Waals surface area contributed by atoms with Crippen molar-refractivity contribution in [2.45, 2.75) is 70.2 Å². The van der Waals surface area contributed by atoms with E-state index in [9.17, 15) is 15.3 Å². The molecule has 1 aromatic heterocycles. The van der Waals surface area contributed by atoms with Crippen molar-refractivity contribution >= 4 is 17.1 Å². The van der Waals surface area contributed by atoms with E-state index < -0.39 is 29.7 Å². The summed E-state index contributed by atoms with van der Waals surface area (Å²) in [5.74, 6) is -0.579. The van der Waals surface area contributed by atoms with Crippen molar-refractivity contribution in [1.82, 2.24) is 9.78 Å². The second-order valence-corrected chi connectivity index (χ2v) is 10.1. The van der Waals surface area contributed by atoms with Gasteiger partial charge in [-0.05, 0) is 63.1 Å². The summed E-state index contributed by atoms with van der Waals surface area (Å²) in [4.78, 5) is 0. The van der Waals surface area contributed by atoms with E-state index in [4.69, 9.17) is 0 Å². The molecule has 0 radical (unpaired) electrons. The summed E-state index contributed by atoms with van der Waals surface area (Å²) < 4.78 is 1.57. The smallest absolute Gasteiger partial charge is 0.213 e. The first-order valence-electron chi connectivity index (χ1n) is 11.6. The zero-order valence-corrected chi connectivity index (χ0v) is 20.2. The molecule has 1 aliphatic carbocycles. The van der Waals surface area contributed by atoms with Crippen LogP contribution in [0, 0.1) is 0 Å². The van der Waals surface area contributed by atoms with Crippen molar-refractivity contribution in [3.63, 3.8) is 0 Å². The van der Waals surface area contributed by atoms with E-state index in [1.807, 2.05) is 89.2 Å². The van der Waals surface area contributed by atoms with Crippen LogP contribution in [0.5, 0.6) is 5.88 Å². The minimum absolute atomic E-state index is 0.00544. The first-order chi connectivity index (χ1) is 16.1. The van der Waals surface area contributed by atoms with Crippen LogP contribution in [0.3, 0.4) is 0 Å². The molecule has 0 saturated heterocycles. The lowest BCUT2D eigenvalue weighted by atomic mass is 9.69. The number of aromatic nitrogens is 2. The number of azo groups is 1. The van der Waals surface area contributed by atoms with Crippen LogP contribution in [0.2, 0.25) is 0 Å². The molecule has 3 aromatic rings. The van der Waals surface area contributed by atoms with E-state index in [1.54, 1.807) is 4.68 Å². The van der Waals surface area contributed by atoms with Crippen molar-refractivity contribution < 1.29 is 15.3 Å². The molecule has 0 spiro atoms. The van der Waals surface area contributed by atoms with E-state index in [1.165, 1.54) is 0 Å². The maximum Gasteiger partial charge on any atom is 0.213 e. The molecular formula is C26H33N5O3. The molecule has 180 valence electrons. The van der Waals surface area contributed by atoms with Gasteiger partial charge in [0.15, 0.2) is 0 Å². The molecule has 1 fully saturated rings. The van der Waals surface area contributed by atoms with Crippen molar-refractivity contribution in [2.75, 3.05) is 5.32 Å². The Morgan fingerprint density at radius 1 is 0.912 bits per heavy atom. The summed E-state index contributed by atoms with van der Waals surface area (Å²) in [6.45, 7) is 9.84. The quantitative estimate of drug-likeness (QED) is 0.376. The van der Waals surface area contributed by atoms with Gasteiger partial charge in [-0.15, -0.1) is 0 Å². The summed E-state index contributed by atoms with van der Waals surface area (Å²) in [5.41, 5.74) is 3.02. The average molecular weight is 464 g/mol. The van der Waals surface area contributed by atoms with Gasteiger partial charge in [0.05, 0.1) is 40.9 Å². The maximum absolute atomic E-state index is 11.0. The summed E-state index contributed by atoms with van der Waals surface area (Å²) in [5, 5.41) is 49.1. The number of benzene rings is 2. The third kappa shape index (κ3) is 4.56. The number of nitrogens with zero attached hydrogens (tertiary/aromatic N) is 4. The van der Waals surface area contributed by atoms with Crippen LogP contribution < -0.4 is 5.32 Å². The normalized spacial score (nSPS) is 22.8. The third-order valence-corrected chi connectivity index (χ3v) is 6.15. The van der Waals surface area contributed by atoms with Gasteiger partial charge >= 0.3 is 0 Å². The third-order valence-electron chi connectivity index (χ3n) is 6.15. The Labute approximate surface area is 200 Å². The topological polar surface area (TPSA) is 115 Å². The number of hydrogen-bond acceptors (Lipinski definition) is 7. The first kappa shape index (κ1) is 23.9. The van der Waals surface area contributed by atoms with Crippen LogP contribution in [-0.2, 0) is 5.54 Å². The van der Waals surface area contributed by atoms with Crippen molar-refractivity contribution in [1.29, 1.82) is 0 Å². The van der Waals surface area contributed by atoms with Crippen LogP contribution in [0.4, 0.5) is 17.1 Å². The Hall–Kier alpha value is -3.23. The number of nitrogens with one attached hydrogen (secondary N) is 1. The summed E-state index contributed by atoms with van der Waals surface area (Å²) in [6.07, 6.45) is -1.76. The van der Waals surface area contributed by atoms with Crippen LogP contribution in [0.25, 0.3) is 0 Å². The standard InChI is InChI=1S/C26H33N5O3/c1-15(2)21-19(25(34)31(30-21)26(3,4)5)20-23(32)22(24(20)33)27-16-11-13-18(14-12-16)29-28-17-9-7-6-8-10-17/h6-15,20,22-24,27,32-34H,1-5H3. The molecule has 2 atom stereocenters. The Bertz CT molecular complexity index is 1140. The minimum Gasteiger partial charge on any atom is -0.493 e. The molecule has 1 aliphatic rings. The Morgan fingerprint density at radius 3 is 2.00 bits per heavy atom. The summed E-state index contributed by atoms with van der Waals surface area (Å²) in [7, 11) is 0. The first-order valence-corrected chi connectivity index (χ1v) is 11.6. The summed E-state index contributed by atoms with van der Waals surface area (Å²) >= 11 is 0. The van der Waals surface area contributed by atoms with Gasteiger partial charge in [0.25, 0.3) is 0 Å². The number of aromatic hydroxyl groups is 1. The van der Waals surface area contributed by atoms with Gasteiger partial charge in [-0.2, -0.15) is 15.3 Å². The molecule has 0 aliphatic heterocycles. The highest BCUT2D eigenvalue weighted by molar-refractivity contribution is 5.53. The molecule has 1 saturated carbocycles. The van der Waals surface area contributed by atoms with Crippen LogP contribution in [-0.4, -0.2) is 43.3 Å². The number of rotatable bonds is 6. The Kier molecular flexibility index (Phi) is 6.47. The van der Waals surface area contributed by atoms with Crippen molar-refractivity contribution in [2.24, 2.45) is 10.2 Å². The lowest BCUT2D eigenvalue weighted by Gasteiger charge is -2.47. The molecule has 34 heavy (non-hydrogen) atoms. The minimum atomic E-state index is -0.881. The van der Waals surface area contributed by atoms with E-state index in [2.05, 4.69) is 20.6 Å². The summed E-state index contributed by atoms with van der Waals surface area (Å²) in [6, 6.07) is 16.2. The molecule has 8 nitrogen and oxygen atoms in total. The lowest BCUT2D eigenvalue weighted by molar-refractivity contribution is -0.0672. The highest BCUT2D eigenvalue weighted by Crippen LogP contribution is 2.46. The van der Waals surface area contributed by atoms with E-state index in [0.717, 1.165) is 11.4 Å². The highest BCUT2D eigenvalue weighted by Gasteiger charge is 2.53. The Morgan fingerprint density at radius 2 is 1.47 bits per heavy atom. The number of aliphatic hydroxyl groups excluding tert-OH is 2. The second kappa shape index (κ2) is 9.19. The van der Waals surface area contributed by atoms with Gasteiger partial charge in [0.2, 0.25) is 5.88 Å². The number of aliphatic hydroxyl groups is 2. The molecule has 2 aromatic carbocycles. The van der Waals surface area contributed by atoms with Gasteiger partial charge in [0.1, 0.15) is 0 Å². The SMILES string of the molecule is CC(C)c1nn(C(C)(C)C)c(O)c1C1C(O)C(Nc2ccc(N=Nc3ccccc3)cc2)C1O. The van der Waals surface area contributed by atoms with E-state index in [-0.39, 0.29) is 11.8 Å². The zero-order chi connectivity index (χ0) is 24.6. The fourth-order valence-corrected chi connectivity index (χ4v) is 4.30. The second-order valence-electron chi connectivity index (χ2n) is 10.1. The van der Waals surface area contributed by atoms with Gasteiger partial charge in [-0.3, -0.25) is 0 Å². The van der Waals surface area contributed by atoms with Crippen molar-refractivity contribution in [3.05, 3.63) is 65.9 Å². The molecule has 2 unspecified atom stereocenters. The van der Waals surface area contributed by atoms with Gasteiger partial charge in [-0.25, -0.2) is 4.68 Å². The van der Waals surface area contributed by atoms with Gasteiger partial charge < -0.3 is 20.6 Å². The monoisotopic (exact) mass is 463 g/mol. The molecule has 0 amide bonds. The largest absolute Gasteiger partial charge is 0.493 e. The Balaban J connectivity index is 1.48. The van der Waals surface area contributed by atoms with Crippen LogP contribution in [0.1, 0.15) is 57.7 Å². The van der Waals surface area contributed by atoms with Crippen LogP contribution in [0.15, 0.2) is 64.8 Å².